The van der Waals surface area contributed by atoms with E-state index < -0.39 is 0 Å². The Morgan fingerprint density at radius 1 is 1.22 bits per heavy atom. The summed E-state index contributed by atoms with van der Waals surface area (Å²) < 4.78 is 1.70. The highest BCUT2D eigenvalue weighted by molar-refractivity contribution is 6.18. The first-order chi connectivity index (χ1) is 8.58. The molecule has 0 fully saturated rings. The van der Waals surface area contributed by atoms with E-state index in [1.165, 1.54) is 0 Å². The molecular weight excluding hydrogens is 224 g/mol. The largest absolute Gasteiger partial charge is 0.293 e. The minimum absolute atomic E-state index is 0.00468. The monoisotopic (exact) mass is 240 g/mol. The third-order valence-electron chi connectivity index (χ3n) is 2.70. The summed E-state index contributed by atoms with van der Waals surface area (Å²) in [6, 6.07) is 11.7. The minimum atomic E-state index is 0.00468. The van der Waals surface area contributed by atoms with E-state index in [-0.39, 0.29) is 5.78 Å². The van der Waals surface area contributed by atoms with Crippen LogP contribution >= 0.6 is 0 Å². The normalized spacial score (nSPS) is 11.6. The Morgan fingerprint density at radius 3 is 2.39 bits per heavy atom. The average molecular weight is 240 g/mol. The minimum Gasteiger partial charge on any atom is -0.293 e. The van der Waals surface area contributed by atoms with Gasteiger partial charge in [0.05, 0.1) is 5.69 Å². The number of ketones is 1. The lowest BCUT2D eigenvalue weighted by Crippen LogP contribution is -2.08. The molecule has 3 heteroatoms. The number of hydrogen-bond donors (Lipinski definition) is 0. The van der Waals surface area contributed by atoms with Gasteiger partial charge in [0.25, 0.3) is 0 Å². The fourth-order valence-electron chi connectivity index (χ4n) is 1.89. The van der Waals surface area contributed by atoms with Crippen LogP contribution in [0.3, 0.4) is 0 Å². The van der Waals surface area contributed by atoms with Gasteiger partial charge in [0, 0.05) is 12.6 Å². The second-order valence-electron chi connectivity index (χ2n) is 4.34. The summed E-state index contributed by atoms with van der Waals surface area (Å²) in [4.78, 5) is 11.8. The summed E-state index contributed by atoms with van der Waals surface area (Å²) in [5.41, 5.74) is 3.46. The number of benzene rings is 1. The zero-order valence-electron chi connectivity index (χ0n) is 10.8. The van der Waals surface area contributed by atoms with Crippen LogP contribution in [0.1, 0.15) is 23.9 Å². The molecule has 1 heterocycles. The van der Waals surface area contributed by atoms with Crippen LogP contribution in [0.2, 0.25) is 0 Å². The number of Topliss-reactive ketones (excluding diaryl/α,β-unsaturated/α-hetero) is 1. The lowest BCUT2D eigenvalue weighted by molar-refractivity contribution is -0.112. The van der Waals surface area contributed by atoms with E-state index in [4.69, 9.17) is 0 Å². The second-order valence-corrected chi connectivity index (χ2v) is 4.34. The summed E-state index contributed by atoms with van der Waals surface area (Å²) in [5, 5.41) is 4.36. The predicted molar refractivity (Wildman–Crippen MR) is 73.0 cm³/mol. The standard InChI is InChI=1S/C15H16N2O/c1-11-9-12(2)17(16-11)15(13(3)18)10-14-7-5-4-6-8-14/h4-10H,1-3H3/b15-10+. The molecule has 0 aliphatic heterocycles. The molecule has 2 rings (SSSR count). The van der Waals surface area contributed by atoms with Gasteiger partial charge in [-0.2, -0.15) is 5.10 Å². The van der Waals surface area contributed by atoms with Crippen molar-refractivity contribution in [3.63, 3.8) is 0 Å². The van der Waals surface area contributed by atoms with Gasteiger partial charge in [0.1, 0.15) is 5.70 Å². The third-order valence-corrected chi connectivity index (χ3v) is 2.70. The number of rotatable bonds is 3. The lowest BCUT2D eigenvalue weighted by atomic mass is 10.1. The predicted octanol–water partition coefficient (Wildman–Crippen LogP) is 3.09. The highest BCUT2D eigenvalue weighted by Gasteiger charge is 2.11. The van der Waals surface area contributed by atoms with E-state index in [2.05, 4.69) is 5.10 Å². The highest BCUT2D eigenvalue weighted by Crippen LogP contribution is 2.15. The van der Waals surface area contributed by atoms with Crippen molar-refractivity contribution < 1.29 is 4.79 Å². The van der Waals surface area contributed by atoms with Crippen molar-refractivity contribution >= 4 is 17.6 Å². The maximum atomic E-state index is 11.8. The quantitative estimate of drug-likeness (QED) is 0.773. The summed E-state index contributed by atoms with van der Waals surface area (Å²) in [5.74, 6) is 0.00468. The summed E-state index contributed by atoms with van der Waals surface area (Å²) in [7, 11) is 0. The maximum absolute atomic E-state index is 11.8. The molecule has 0 bridgehead atoms. The molecular formula is C15H16N2O. The van der Waals surface area contributed by atoms with Crippen molar-refractivity contribution in [1.82, 2.24) is 9.78 Å². The van der Waals surface area contributed by atoms with Crippen LogP contribution in [0.15, 0.2) is 36.4 Å². The number of aryl methyl sites for hydroxylation is 2. The van der Waals surface area contributed by atoms with E-state index in [1.807, 2.05) is 56.3 Å². The highest BCUT2D eigenvalue weighted by atomic mass is 16.1. The summed E-state index contributed by atoms with van der Waals surface area (Å²) in [6.07, 6.45) is 1.86. The SMILES string of the molecule is CC(=O)/C(=C\c1ccccc1)n1nc(C)cc1C. The molecule has 0 spiro atoms. The summed E-state index contributed by atoms with van der Waals surface area (Å²) in [6.45, 7) is 5.43. The maximum Gasteiger partial charge on any atom is 0.178 e. The van der Waals surface area contributed by atoms with Crippen LogP contribution in [0.5, 0.6) is 0 Å². The molecule has 0 N–H and O–H groups in total. The fraction of sp³-hybridized carbons (Fsp3) is 0.200. The van der Waals surface area contributed by atoms with Crippen LogP contribution in [0, 0.1) is 13.8 Å². The molecule has 1 aromatic carbocycles. The van der Waals surface area contributed by atoms with E-state index >= 15 is 0 Å². The smallest absolute Gasteiger partial charge is 0.178 e. The van der Waals surface area contributed by atoms with Crippen molar-refractivity contribution in [3.8, 4) is 0 Å². The molecule has 92 valence electrons. The molecule has 0 saturated carbocycles. The van der Waals surface area contributed by atoms with Gasteiger partial charge in [-0.3, -0.25) is 4.79 Å². The molecule has 0 radical (unpaired) electrons. The van der Waals surface area contributed by atoms with Gasteiger partial charge in [0.15, 0.2) is 5.78 Å². The molecule has 0 aliphatic carbocycles. The van der Waals surface area contributed by atoms with Crippen molar-refractivity contribution in [3.05, 3.63) is 53.3 Å². The second kappa shape index (κ2) is 5.00. The van der Waals surface area contributed by atoms with Gasteiger partial charge in [-0.15, -0.1) is 0 Å². The Balaban J connectivity index is 2.51. The van der Waals surface area contributed by atoms with Crippen molar-refractivity contribution in [2.75, 3.05) is 0 Å². The number of hydrogen-bond acceptors (Lipinski definition) is 2. The molecule has 1 aromatic heterocycles. The number of allylic oxidation sites excluding steroid dienone is 1. The van der Waals surface area contributed by atoms with Gasteiger partial charge >= 0.3 is 0 Å². The van der Waals surface area contributed by atoms with Gasteiger partial charge < -0.3 is 0 Å². The van der Waals surface area contributed by atoms with Gasteiger partial charge in [-0.1, -0.05) is 30.3 Å². The number of aromatic nitrogens is 2. The summed E-state index contributed by atoms with van der Waals surface area (Å²) >= 11 is 0. The van der Waals surface area contributed by atoms with Crippen LogP contribution in [-0.2, 0) is 4.79 Å². The molecule has 3 nitrogen and oxygen atoms in total. The Kier molecular flexibility index (Phi) is 3.42. The Labute approximate surface area is 107 Å². The Morgan fingerprint density at radius 2 is 1.89 bits per heavy atom. The Hall–Kier alpha value is -2.16. The zero-order chi connectivity index (χ0) is 13.1. The van der Waals surface area contributed by atoms with Crippen LogP contribution in [-0.4, -0.2) is 15.6 Å². The molecule has 0 amide bonds. The van der Waals surface area contributed by atoms with E-state index in [1.54, 1.807) is 11.6 Å². The first-order valence-electron chi connectivity index (χ1n) is 5.89. The first kappa shape index (κ1) is 12.3. The average Bonchev–Trinajstić information content (AvgIpc) is 2.66. The Bertz CT molecular complexity index is 594. The van der Waals surface area contributed by atoms with E-state index in [0.717, 1.165) is 17.0 Å². The fourth-order valence-corrected chi connectivity index (χ4v) is 1.89. The first-order valence-corrected chi connectivity index (χ1v) is 5.89. The van der Waals surface area contributed by atoms with Crippen LogP contribution in [0.4, 0.5) is 0 Å². The van der Waals surface area contributed by atoms with Crippen molar-refractivity contribution in [2.45, 2.75) is 20.8 Å². The van der Waals surface area contributed by atoms with E-state index in [0.29, 0.717) is 5.70 Å². The number of carbonyl (C=O) groups is 1. The number of carbonyl (C=O) groups excluding carboxylic acids is 1. The topological polar surface area (TPSA) is 34.9 Å². The van der Waals surface area contributed by atoms with Crippen molar-refractivity contribution in [1.29, 1.82) is 0 Å². The van der Waals surface area contributed by atoms with Crippen molar-refractivity contribution in [2.24, 2.45) is 0 Å². The number of nitrogens with zero attached hydrogens (tertiary/aromatic N) is 2. The van der Waals surface area contributed by atoms with Crippen LogP contribution < -0.4 is 0 Å². The molecule has 0 unspecified atom stereocenters. The molecule has 0 atom stereocenters. The van der Waals surface area contributed by atoms with E-state index in [9.17, 15) is 4.79 Å². The molecule has 0 saturated heterocycles. The molecule has 2 aromatic rings. The molecule has 0 aliphatic rings. The third kappa shape index (κ3) is 2.56. The van der Waals surface area contributed by atoms with Gasteiger partial charge in [-0.25, -0.2) is 4.68 Å². The van der Waals surface area contributed by atoms with Gasteiger partial charge in [0.2, 0.25) is 0 Å². The lowest BCUT2D eigenvalue weighted by Gasteiger charge is -2.06. The molecule has 18 heavy (non-hydrogen) atoms. The van der Waals surface area contributed by atoms with Crippen LogP contribution in [0.25, 0.3) is 11.8 Å². The van der Waals surface area contributed by atoms with Gasteiger partial charge in [-0.05, 0) is 31.6 Å². The zero-order valence-corrected chi connectivity index (χ0v) is 10.8.